The van der Waals surface area contributed by atoms with Crippen LogP contribution in [-0.2, 0) is 0 Å². The molecule has 1 fully saturated rings. The first kappa shape index (κ1) is 15.5. The molecule has 0 bridgehead atoms. The Balaban J connectivity index is 2.26. The van der Waals surface area contributed by atoms with Crippen LogP contribution >= 0.6 is 0 Å². The molecule has 4 heteroatoms. The predicted octanol–water partition coefficient (Wildman–Crippen LogP) is 2.54. The number of rotatable bonds is 1. The molecule has 1 amide bonds. The number of likely N-dealkylation sites (tertiary alicyclic amines) is 1. The van der Waals surface area contributed by atoms with Crippen molar-refractivity contribution in [3.63, 3.8) is 0 Å². The van der Waals surface area contributed by atoms with Gasteiger partial charge in [-0.15, -0.1) is 0 Å². The van der Waals surface area contributed by atoms with Crippen molar-refractivity contribution in [1.29, 1.82) is 0 Å². The molecular weight excluding hydrogens is 267 g/mol. The Bertz CT molecular complexity index is 578. The van der Waals surface area contributed by atoms with Crippen LogP contribution in [0.15, 0.2) is 18.2 Å². The second kappa shape index (κ2) is 6.73. The van der Waals surface area contributed by atoms with Gasteiger partial charge in [0.1, 0.15) is 5.82 Å². The summed E-state index contributed by atoms with van der Waals surface area (Å²) in [7, 11) is 0. The van der Waals surface area contributed by atoms with E-state index in [1.54, 1.807) is 11.0 Å². The highest BCUT2D eigenvalue weighted by atomic mass is 19.1. The van der Waals surface area contributed by atoms with Gasteiger partial charge in [0.2, 0.25) is 0 Å². The van der Waals surface area contributed by atoms with Crippen LogP contribution in [0.25, 0.3) is 0 Å². The molecular formula is C17H21FN2O. The molecule has 1 aromatic carbocycles. The molecule has 2 atom stereocenters. The first-order valence-corrected chi connectivity index (χ1v) is 7.35. The topological polar surface area (TPSA) is 46.3 Å². The number of hydrogen-bond acceptors (Lipinski definition) is 2. The number of nitrogens with two attached hydrogens (primary N) is 1. The lowest BCUT2D eigenvalue weighted by molar-refractivity contribution is 0.0506. The van der Waals surface area contributed by atoms with Crippen LogP contribution in [0.1, 0.15) is 49.0 Å². The van der Waals surface area contributed by atoms with Gasteiger partial charge in [-0.05, 0) is 51.3 Å². The lowest BCUT2D eigenvalue weighted by atomic mass is 9.96. The molecule has 3 nitrogen and oxygen atoms in total. The van der Waals surface area contributed by atoms with E-state index in [-0.39, 0.29) is 30.1 Å². The highest BCUT2D eigenvalue weighted by Gasteiger charge is 2.30. The summed E-state index contributed by atoms with van der Waals surface area (Å²) in [5.74, 6) is 4.69. The molecule has 1 aliphatic heterocycles. The molecule has 112 valence electrons. The zero-order valence-electron chi connectivity index (χ0n) is 12.5. The van der Waals surface area contributed by atoms with Crippen molar-refractivity contribution in [1.82, 2.24) is 4.90 Å². The van der Waals surface area contributed by atoms with Crippen LogP contribution in [0.4, 0.5) is 4.39 Å². The van der Waals surface area contributed by atoms with Gasteiger partial charge in [-0.3, -0.25) is 4.79 Å². The maximum atomic E-state index is 14.2. The minimum Gasteiger partial charge on any atom is -0.333 e. The average molecular weight is 288 g/mol. The number of hydrogen-bond donors (Lipinski definition) is 1. The minimum atomic E-state index is -0.520. The summed E-state index contributed by atoms with van der Waals surface area (Å²) in [5.41, 5.74) is 5.95. The summed E-state index contributed by atoms with van der Waals surface area (Å²) >= 11 is 0. The highest BCUT2D eigenvalue weighted by molar-refractivity contribution is 5.95. The number of nitrogens with zero attached hydrogens (tertiary/aromatic N) is 1. The van der Waals surface area contributed by atoms with Gasteiger partial charge in [0.15, 0.2) is 0 Å². The van der Waals surface area contributed by atoms with Gasteiger partial charge in [0.05, 0.1) is 12.1 Å². The van der Waals surface area contributed by atoms with Gasteiger partial charge in [-0.2, -0.15) is 0 Å². The Morgan fingerprint density at radius 1 is 1.38 bits per heavy atom. The molecule has 0 spiro atoms. The maximum absolute atomic E-state index is 14.2. The van der Waals surface area contributed by atoms with Crippen LogP contribution in [0.5, 0.6) is 0 Å². The monoisotopic (exact) mass is 288 g/mol. The molecule has 21 heavy (non-hydrogen) atoms. The van der Waals surface area contributed by atoms with Gasteiger partial charge in [-0.25, -0.2) is 4.39 Å². The second-order valence-corrected chi connectivity index (χ2v) is 5.54. The standard InChI is InChI=1S/C17H21FN2O/c1-12-5-3-6-13(2)20(12)17(21)15-9-8-14(7-4-10-19)11-16(15)18/h8-9,11-13H,3,5-6,10,19H2,1-2H3/t12-,13+. The third-order valence-electron chi connectivity index (χ3n) is 3.96. The molecule has 2 rings (SSSR count). The Labute approximate surface area is 125 Å². The van der Waals surface area contributed by atoms with Crippen molar-refractivity contribution < 1.29 is 9.18 Å². The predicted molar refractivity (Wildman–Crippen MR) is 81.3 cm³/mol. The summed E-state index contributed by atoms with van der Waals surface area (Å²) in [4.78, 5) is 14.4. The zero-order valence-corrected chi connectivity index (χ0v) is 12.5. The van der Waals surface area contributed by atoms with Gasteiger partial charge < -0.3 is 10.6 Å². The van der Waals surface area contributed by atoms with Crippen LogP contribution in [0, 0.1) is 17.7 Å². The molecule has 2 N–H and O–H groups in total. The summed E-state index contributed by atoms with van der Waals surface area (Å²) in [6.07, 6.45) is 3.05. The fourth-order valence-electron chi connectivity index (χ4n) is 2.88. The Morgan fingerprint density at radius 2 is 2.05 bits per heavy atom. The molecule has 1 aliphatic rings. The van der Waals surface area contributed by atoms with E-state index in [9.17, 15) is 9.18 Å². The summed E-state index contributed by atoms with van der Waals surface area (Å²) in [6.45, 7) is 4.27. The first-order chi connectivity index (χ1) is 10.0. The van der Waals surface area contributed by atoms with Crippen molar-refractivity contribution in [3.8, 4) is 11.8 Å². The fraction of sp³-hybridized carbons (Fsp3) is 0.471. The van der Waals surface area contributed by atoms with Crippen LogP contribution in [0.3, 0.4) is 0 Å². The SMILES string of the molecule is C[C@@H]1CCC[C@H](C)N1C(=O)c1ccc(C#CCN)cc1F. The van der Waals surface area contributed by atoms with Gasteiger partial charge in [0, 0.05) is 17.6 Å². The van der Waals surface area contributed by atoms with Crippen molar-refractivity contribution >= 4 is 5.91 Å². The van der Waals surface area contributed by atoms with Crippen LogP contribution in [-0.4, -0.2) is 29.4 Å². The summed E-state index contributed by atoms with van der Waals surface area (Å²) in [5, 5.41) is 0. The summed E-state index contributed by atoms with van der Waals surface area (Å²) in [6, 6.07) is 4.79. The third-order valence-corrected chi connectivity index (χ3v) is 3.96. The van der Waals surface area contributed by atoms with E-state index in [0.717, 1.165) is 19.3 Å². The Morgan fingerprint density at radius 3 is 2.62 bits per heavy atom. The van der Waals surface area contributed by atoms with E-state index in [1.807, 2.05) is 13.8 Å². The van der Waals surface area contributed by atoms with Crippen LogP contribution in [0.2, 0.25) is 0 Å². The molecule has 0 radical (unpaired) electrons. The van der Waals surface area contributed by atoms with E-state index in [0.29, 0.717) is 5.56 Å². The Kier molecular flexibility index (Phi) is 4.98. The van der Waals surface area contributed by atoms with Gasteiger partial charge in [0.25, 0.3) is 5.91 Å². The largest absolute Gasteiger partial charge is 0.333 e. The first-order valence-electron chi connectivity index (χ1n) is 7.35. The smallest absolute Gasteiger partial charge is 0.257 e. The zero-order chi connectivity index (χ0) is 15.4. The van der Waals surface area contributed by atoms with E-state index in [4.69, 9.17) is 5.73 Å². The lowest BCUT2D eigenvalue weighted by Crippen LogP contribution is -2.47. The van der Waals surface area contributed by atoms with E-state index in [2.05, 4.69) is 11.8 Å². The minimum absolute atomic E-state index is 0.119. The Hall–Kier alpha value is -1.86. The normalized spacial score (nSPS) is 21.6. The number of amides is 1. The average Bonchev–Trinajstić information content (AvgIpc) is 2.44. The summed E-state index contributed by atoms with van der Waals surface area (Å²) < 4.78 is 14.2. The van der Waals surface area contributed by atoms with Crippen molar-refractivity contribution in [2.75, 3.05) is 6.54 Å². The molecule has 0 aromatic heterocycles. The molecule has 0 unspecified atom stereocenters. The number of halogens is 1. The quantitative estimate of drug-likeness (QED) is 0.807. The van der Waals surface area contributed by atoms with Crippen LogP contribution < -0.4 is 5.73 Å². The van der Waals surface area contributed by atoms with Gasteiger partial charge >= 0.3 is 0 Å². The van der Waals surface area contributed by atoms with E-state index in [1.165, 1.54) is 12.1 Å². The highest BCUT2D eigenvalue weighted by Crippen LogP contribution is 2.25. The molecule has 1 heterocycles. The third kappa shape index (κ3) is 3.43. The van der Waals surface area contributed by atoms with Gasteiger partial charge in [-0.1, -0.05) is 11.8 Å². The van der Waals surface area contributed by atoms with Crippen molar-refractivity contribution in [2.24, 2.45) is 5.73 Å². The van der Waals surface area contributed by atoms with E-state index < -0.39 is 5.82 Å². The number of piperidine rings is 1. The number of carbonyl (C=O) groups excluding carboxylic acids is 1. The number of carbonyl (C=O) groups is 1. The number of benzene rings is 1. The molecule has 1 saturated heterocycles. The molecule has 0 saturated carbocycles. The second-order valence-electron chi connectivity index (χ2n) is 5.54. The maximum Gasteiger partial charge on any atom is 0.257 e. The lowest BCUT2D eigenvalue weighted by Gasteiger charge is -2.39. The fourth-order valence-corrected chi connectivity index (χ4v) is 2.88. The molecule has 1 aromatic rings. The molecule has 0 aliphatic carbocycles. The van der Waals surface area contributed by atoms with Crippen molar-refractivity contribution in [2.45, 2.75) is 45.2 Å². The van der Waals surface area contributed by atoms with Crippen molar-refractivity contribution in [3.05, 3.63) is 35.1 Å². The van der Waals surface area contributed by atoms with E-state index >= 15 is 0 Å².